The molecular formula is C18H21N3O2. The van der Waals surface area contributed by atoms with Gasteiger partial charge in [-0.3, -0.25) is 9.59 Å². The molecule has 1 aromatic carbocycles. The molecule has 0 unspecified atom stereocenters. The average Bonchev–Trinajstić information content (AvgIpc) is 2.92. The average molecular weight is 311 g/mol. The van der Waals surface area contributed by atoms with Crippen molar-refractivity contribution in [3.63, 3.8) is 0 Å². The van der Waals surface area contributed by atoms with E-state index in [4.69, 9.17) is 0 Å². The molecule has 3 heterocycles. The van der Waals surface area contributed by atoms with Crippen LogP contribution in [0.25, 0.3) is 10.9 Å². The van der Waals surface area contributed by atoms with E-state index in [2.05, 4.69) is 11.1 Å². The second-order valence-corrected chi connectivity index (χ2v) is 6.52. The standard InChI is InChI=1S/C18H21N3O2/c1-3-8-20-10-16(22)21-11(2)17-13(9-15(21)18(20)23)12-6-4-5-7-14(12)19-17/h4-7,11,15,19H,3,8-10H2,1-2H3/t11-,15-/m1/s1. The molecule has 2 amide bonds. The molecule has 0 radical (unpaired) electrons. The lowest BCUT2D eigenvalue weighted by atomic mass is 9.90. The Morgan fingerprint density at radius 1 is 1.26 bits per heavy atom. The summed E-state index contributed by atoms with van der Waals surface area (Å²) in [5.41, 5.74) is 3.34. The van der Waals surface area contributed by atoms with Gasteiger partial charge in [0.1, 0.15) is 6.04 Å². The lowest BCUT2D eigenvalue weighted by molar-refractivity contribution is -0.159. The Labute approximate surface area is 135 Å². The second-order valence-electron chi connectivity index (χ2n) is 6.52. The van der Waals surface area contributed by atoms with Crippen LogP contribution in [-0.4, -0.2) is 45.7 Å². The molecule has 2 aromatic rings. The van der Waals surface area contributed by atoms with E-state index in [-0.39, 0.29) is 30.4 Å². The third-order valence-corrected chi connectivity index (χ3v) is 5.12. The van der Waals surface area contributed by atoms with Crippen LogP contribution < -0.4 is 0 Å². The van der Waals surface area contributed by atoms with Crippen LogP contribution in [0.15, 0.2) is 24.3 Å². The fourth-order valence-electron chi connectivity index (χ4n) is 4.09. The number of carbonyl (C=O) groups excluding carboxylic acids is 2. The number of hydrogen-bond donors (Lipinski definition) is 1. The van der Waals surface area contributed by atoms with E-state index in [9.17, 15) is 9.59 Å². The summed E-state index contributed by atoms with van der Waals surface area (Å²) in [6, 6.07) is 7.71. The SMILES string of the molecule is CCCN1CC(=O)N2[C@H](Cc3c([nH]c4ccccc34)[C@H]2C)C1=O. The van der Waals surface area contributed by atoms with Gasteiger partial charge >= 0.3 is 0 Å². The van der Waals surface area contributed by atoms with E-state index in [0.29, 0.717) is 13.0 Å². The van der Waals surface area contributed by atoms with E-state index in [0.717, 1.165) is 17.6 Å². The number of benzene rings is 1. The molecule has 5 nitrogen and oxygen atoms in total. The van der Waals surface area contributed by atoms with Crippen molar-refractivity contribution < 1.29 is 9.59 Å². The van der Waals surface area contributed by atoms with Gasteiger partial charge in [0.25, 0.3) is 0 Å². The molecule has 1 aromatic heterocycles. The molecule has 0 aliphatic carbocycles. The number of nitrogens with zero attached hydrogens (tertiary/aromatic N) is 2. The number of nitrogens with one attached hydrogen (secondary N) is 1. The van der Waals surface area contributed by atoms with Gasteiger partial charge in [0, 0.05) is 29.6 Å². The number of amides is 2. The summed E-state index contributed by atoms with van der Waals surface area (Å²) in [6.07, 6.45) is 1.48. The molecule has 4 rings (SSSR count). The van der Waals surface area contributed by atoms with Crippen LogP contribution in [0, 0.1) is 0 Å². The first-order valence-corrected chi connectivity index (χ1v) is 8.31. The monoisotopic (exact) mass is 311 g/mol. The Balaban J connectivity index is 1.80. The summed E-state index contributed by atoms with van der Waals surface area (Å²) in [5.74, 6) is 0.147. The van der Waals surface area contributed by atoms with Gasteiger partial charge in [0.2, 0.25) is 11.8 Å². The van der Waals surface area contributed by atoms with Crippen LogP contribution >= 0.6 is 0 Å². The Kier molecular flexibility index (Phi) is 3.18. The predicted molar refractivity (Wildman–Crippen MR) is 87.9 cm³/mol. The van der Waals surface area contributed by atoms with Gasteiger partial charge in [-0.15, -0.1) is 0 Å². The van der Waals surface area contributed by atoms with Crippen molar-refractivity contribution in [1.82, 2.24) is 14.8 Å². The number of fused-ring (bicyclic) bond motifs is 4. The predicted octanol–water partition coefficient (Wildman–Crippen LogP) is 2.23. The summed E-state index contributed by atoms with van der Waals surface area (Å²) in [6.45, 7) is 4.92. The smallest absolute Gasteiger partial charge is 0.246 e. The lowest BCUT2D eigenvalue weighted by Gasteiger charge is -2.45. The fraction of sp³-hybridized carbons (Fsp3) is 0.444. The van der Waals surface area contributed by atoms with Crippen molar-refractivity contribution >= 4 is 22.7 Å². The van der Waals surface area contributed by atoms with E-state index in [1.807, 2.05) is 32.0 Å². The Morgan fingerprint density at radius 2 is 2.04 bits per heavy atom. The molecular weight excluding hydrogens is 290 g/mol. The molecule has 0 saturated carbocycles. The van der Waals surface area contributed by atoms with Gasteiger partial charge in [0.15, 0.2) is 0 Å². The second kappa shape index (κ2) is 5.11. The summed E-state index contributed by atoms with van der Waals surface area (Å²) in [7, 11) is 0. The molecule has 1 N–H and O–H groups in total. The van der Waals surface area contributed by atoms with Gasteiger partial charge in [-0.05, 0) is 25.0 Å². The molecule has 2 aliphatic rings. The van der Waals surface area contributed by atoms with Crippen molar-refractivity contribution in [3.05, 3.63) is 35.5 Å². The van der Waals surface area contributed by atoms with Gasteiger partial charge in [-0.2, -0.15) is 0 Å². The van der Waals surface area contributed by atoms with Crippen molar-refractivity contribution in [2.45, 2.75) is 38.8 Å². The summed E-state index contributed by atoms with van der Waals surface area (Å²) in [5, 5.41) is 1.17. The number of aromatic nitrogens is 1. The van der Waals surface area contributed by atoms with E-state index in [1.54, 1.807) is 9.80 Å². The van der Waals surface area contributed by atoms with Crippen LogP contribution in [0.1, 0.15) is 37.6 Å². The highest BCUT2D eigenvalue weighted by Crippen LogP contribution is 2.38. The number of H-pyrrole nitrogens is 1. The third kappa shape index (κ3) is 1.99. The number of carbonyl (C=O) groups is 2. The summed E-state index contributed by atoms with van der Waals surface area (Å²) in [4.78, 5) is 32.4. The number of hydrogen-bond acceptors (Lipinski definition) is 2. The molecule has 23 heavy (non-hydrogen) atoms. The van der Waals surface area contributed by atoms with E-state index >= 15 is 0 Å². The minimum absolute atomic E-state index is 0.0554. The van der Waals surface area contributed by atoms with Crippen molar-refractivity contribution in [3.8, 4) is 0 Å². The van der Waals surface area contributed by atoms with Crippen LogP contribution in [0.4, 0.5) is 0 Å². The van der Waals surface area contributed by atoms with Crippen molar-refractivity contribution in [2.75, 3.05) is 13.1 Å². The topological polar surface area (TPSA) is 56.4 Å². The van der Waals surface area contributed by atoms with Crippen LogP contribution in [0.5, 0.6) is 0 Å². The highest BCUT2D eigenvalue weighted by Gasteiger charge is 2.45. The maximum atomic E-state index is 12.8. The number of rotatable bonds is 2. The van der Waals surface area contributed by atoms with Gasteiger partial charge in [-0.25, -0.2) is 0 Å². The number of piperazine rings is 1. The van der Waals surface area contributed by atoms with E-state index < -0.39 is 0 Å². The van der Waals surface area contributed by atoms with Crippen molar-refractivity contribution in [1.29, 1.82) is 0 Å². The third-order valence-electron chi connectivity index (χ3n) is 5.12. The largest absolute Gasteiger partial charge is 0.356 e. The maximum Gasteiger partial charge on any atom is 0.246 e. The Bertz CT molecular complexity index is 795. The fourth-order valence-corrected chi connectivity index (χ4v) is 4.09. The molecule has 0 spiro atoms. The highest BCUT2D eigenvalue weighted by atomic mass is 16.2. The molecule has 1 fully saturated rings. The van der Waals surface area contributed by atoms with Gasteiger partial charge in [-0.1, -0.05) is 25.1 Å². The molecule has 0 bridgehead atoms. The Hall–Kier alpha value is -2.30. The molecule has 1 saturated heterocycles. The highest BCUT2D eigenvalue weighted by molar-refractivity contribution is 5.97. The zero-order valence-corrected chi connectivity index (χ0v) is 13.5. The molecule has 5 heteroatoms. The van der Waals surface area contributed by atoms with E-state index in [1.165, 1.54) is 10.9 Å². The Morgan fingerprint density at radius 3 is 2.83 bits per heavy atom. The van der Waals surface area contributed by atoms with Crippen molar-refractivity contribution in [2.24, 2.45) is 0 Å². The first kappa shape index (κ1) is 14.3. The summed E-state index contributed by atoms with van der Waals surface area (Å²) < 4.78 is 0. The van der Waals surface area contributed by atoms with Gasteiger partial charge in [0.05, 0.1) is 12.6 Å². The molecule has 2 aliphatic heterocycles. The first-order chi connectivity index (χ1) is 11.1. The quantitative estimate of drug-likeness (QED) is 0.924. The lowest BCUT2D eigenvalue weighted by Crippen LogP contribution is -2.62. The first-order valence-electron chi connectivity index (χ1n) is 8.31. The zero-order valence-electron chi connectivity index (χ0n) is 13.5. The van der Waals surface area contributed by atoms with Gasteiger partial charge < -0.3 is 14.8 Å². The molecule has 2 atom stereocenters. The zero-order chi connectivity index (χ0) is 16.1. The molecule has 120 valence electrons. The van der Waals surface area contributed by atoms with Crippen LogP contribution in [0.3, 0.4) is 0 Å². The van der Waals surface area contributed by atoms with Crippen LogP contribution in [0.2, 0.25) is 0 Å². The number of para-hydroxylation sites is 1. The summed E-state index contributed by atoms with van der Waals surface area (Å²) >= 11 is 0. The van der Waals surface area contributed by atoms with Crippen LogP contribution in [-0.2, 0) is 16.0 Å². The minimum Gasteiger partial charge on any atom is -0.356 e. The maximum absolute atomic E-state index is 12.8. The number of aromatic amines is 1. The normalized spacial score (nSPS) is 24.1. The minimum atomic E-state index is -0.357.